The summed E-state index contributed by atoms with van der Waals surface area (Å²) >= 11 is 5.92. The molecule has 0 radical (unpaired) electrons. The Morgan fingerprint density at radius 1 is 1.32 bits per heavy atom. The smallest absolute Gasteiger partial charge is 0.227 e. The summed E-state index contributed by atoms with van der Waals surface area (Å²) in [6.45, 7) is 1.88. The molecule has 0 aliphatic carbocycles. The molecule has 0 bridgehead atoms. The zero-order chi connectivity index (χ0) is 13.8. The fourth-order valence-corrected chi connectivity index (χ4v) is 5.39. The van der Waals surface area contributed by atoms with Gasteiger partial charge >= 0.3 is 0 Å². The van der Waals surface area contributed by atoms with Gasteiger partial charge in [0.15, 0.2) is 9.84 Å². The number of aryl methyl sites for hydroxylation is 1. The van der Waals surface area contributed by atoms with Crippen molar-refractivity contribution < 1.29 is 13.2 Å². The van der Waals surface area contributed by atoms with Crippen LogP contribution in [-0.4, -0.2) is 31.9 Å². The Morgan fingerprint density at radius 3 is 2.74 bits per heavy atom. The van der Waals surface area contributed by atoms with E-state index < -0.39 is 9.84 Å². The van der Waals surface area contributed by atoms with Crippen LogP contribution < -0.4 is 4.90 Å². The Bertz CT molecular complexity index is 656. The molecule has 1 amide bonds. The minimum atomic E-state index is -3.01. The van der Waals surface area contributed by atoms with Crippen molar-refractivity contribution in [3.63, 3.8) is 0 Å². The van der Waals surface area contributed by atoms with E-state index in [2.05, 4.69) is 0 Å². The van der Waals surface area contributed by atoms with Crippen LogP contribution in [-0.2, 0) is 14.6 Å². The molecule has 2 unspecified atom stereocenters. The number of sulfone groups is 1. The highest BCUT2D eigenvalue weighted by Crippen LogP contribution is 2.38. The molecule has 0 spiro atoms. The summed E-state index contributed by atoms with van der Waals surface area (Å²) in [4.78, 5) is 13.8. The molecule has 1 aromatic carbocycles. The van der Waals surface area contributed by atoms with E-state index in [0.29, 0.717) is 11.4 Å². The molecule has 2 heterocycles. The molecule has 2 fully saturated rings. The van der Waals surface area contributed by atoms with E-state index in [1.165, 1.54) is 0 Å². The van der Waals surface area contributed by atoms with Crippen LogP contribution in [0.4, 0.5) is 5.69 Å². The molecule has 4 nitrogen and oxygen atoms in total. The van der Waals surface area contributed by atoms with E-state index in [-0.39, 0.29) is 29.4 Å². The first kappa shape index (κ1) is 12.9. The average molecular weight is 300 g/mol. The van der Waals surface area contributed by atoms with Crippen molar-refractivity contribution in [1.82, 2.24) is 0 Å². The van der Waals surface area contributed by atoms with Gasteiger partial charge < -0.3 is 4.90 Å². The summed E-state index contributed by atoms with van der Waals surface area (Å²) in [7, 11) is -3.01. The van der Waals surface area contributed by atoms with Gasteiger partial charge in [-0.2, -0.15) is 0 Å². The van der Waals surface area contributed by atoms with Crippen molar-refractivity contribution in [2.75, 3.05) is 16.4 Å². The highest BCUT2D eigenvalue weighted by atomic mass is 35.5. The molecule has 19 heavy (non-hydrogen) atoms. The number of fused-ring (bicyclic) bond motifs is 1. The largest absolute Gasteiger partial charge is 0.308 e. The quantitative estimate of drug-likeness (QED) is 0.794. The maximum absolute atomic E-state index is 12.1. The number of rotatable bonds is 1. The van der Waals surface area contributed by atoms with Gasteiger partial charge in [0.05, 0.1) is 17.5 Å². The molecule has 2 aliphatic rings. The minimum Gasteiger partial charge on any atom is -0.308 e. The molecule has 0 saturated carbocycles. The molecule has 2 saturated heterocycles. The highest BCUT2D eigenvalue weighted by Gasteiger charge is 2.49. The number of carbonyl (C=O) groups excluding carboxylic acids is 1. The third-order valence-corrected chi connectivity index (χ3v) is 5.91. The number of hydrogen-bond donors (Lipinski definition) is 0. The Hall–Kier alpha value is -1.07. The number of hydrogen-bond acceptors (Lipinski definition) is 3. The van der Waals surface area contributed by atoms with Crippen LogP contribution >= 0.6 is 11.6 Å². The molecule has 0 aromatic heterocycles. The molecular weight excluding hydrogens is 286 g/mol. The summed E-state index contributed by atoms with van der Waals surface area (Å²) in [5.41, 5.74) is 1.67. The fraction of sp³-hybridized carbons (Fsp3) is 0.462. The maximum atomic E-state index is 12.1. The van der Waals surface area contributed by atoms with Gasteiger partial charge in [0.1, 0.15) is 0 Å². The van der Waals surface area contributed by atoms with Gasteiger partial charge in [0.2, 0.25) is 5.91 Å². The van der Waals surface area contributed by atoms with Crippen molar-refractivity contribution in [1.29, 1.82) is 0 Å². The summed E-state index contributed by atoms with van der Waals surface area (Å²) < 4.78 is 23.4. The highest BCUT2D eigenvalue weighted by molar-refractivity contribution is 7.91. The number of nitrogens with zero attached hydrogens (tertiary/aromatic N) is 1. The van der Waals surface area contributed by atoms with Gasteiger partial charge in [0.25, 0.3) is 0 Å². The van der Waals surface area contributed by atoms with Crippen molar-refractivity contribution in [2.24, 2.45) is 5.92 Å². The van der Waals surface area contributed by atoms with Crippen LogP contribution in [0.1, 0.15) is 12.0 Å². The lowest BCUT2D eigenvalue weighted by molar-refractivity contribution is -0.117. The SMILES string of the molecule is Cc1cc(Cl)ccc1N1C(=O)CC2CS(=O)(=O)CC21. The lowest BCUT2D eigenvalue weighted by atomic mass is 10.0. The van der Waals surface area contributed by atoms with Crippen LogP contribution in [0.5, 0.6) is 0 Å². The Labute approximate surface area is 117 Å². The van der Waals surface area contributed by atoms with E-state index in [1.807, 2.05) is 6.92 Å². The third kappa shape index (κ3) is 2.15. The third-order valence-electron chi connectivity index (χ3n) is 3.89. The standard InChI is InChI=1S/C13H14ClNO3S/c1-8-4-10(14)2-3-11(8)15-12-7-19(17,18)6-9(12)5-13(15)16/h2-4,9,12H,5-7H2,1H3. The second-order valence-corrected chi connectivity index (χ2v) is 7.89. The number of carbonyl (C=O) groups is 1. The zero-order valence-electron chi connectivity index (χ0n) is 10.5. The summed E-state index contributed by atoms with van der Waals surface area (Å²) in [5, 5.41) is 0.614. The first-order chi connectivity index (χ1) is 8.87. The van der Waals surface area contributed by atoms with Gasteiger partial charge in [-0.25, -0.2) is 8.42 Å². The van der Waals surface area contributed by atoms with Gasteiger partial charge in [0, 0.05) is 23.0 Å². The topological polar surface area (TPSA) is 54.5 Å². The lowest BCUT2D eigenvalue weighted by Crippen LogP contribution is -2.36. The number of amides is 1. The lowest BCUT2D eigenvalue weighted by Gasteiger charge is -2.25. The zero-order valence-corrected chi connectivity index (χ0v) is 12.0. The van der Waals surface area contributed by atoms with E-state index in [9.17, 15) is 13.2 Å². The van der Waals surface area contributed by atoms with E-state index in [4.69, 9.17) is 11.6 Å². The van der Waals surface area contributed by atoms with E-state index >= 15 is 0 Å². The molecule has 0 N–H and O–H groups in total. The van der Waals surface area contributed by atoms with Crippen molar-refractivity contribution >= 4 is 33.0 Å². The number of anilines is 1. The van der Waals surface area contributed by atoms with Crippen LogP contribution in [0.2, 0.25) is 5.02 Å². The predicted octanol–water partition coefficient (Wildman–Crippen LogP) is 1.80. The number of halogens is 1. The predicted molar refractivity (Wildman–Crippen MR) is 74.2 cm³/mol. The molecule has 2 atom stereocenters. The Balaban J connectivity index is 2.02. The van der Waals surface area contributed by atoms with Gasteiger partial charge in [-0.1, -0.05) is 11.6 Å². The first-order valence-corrected chi connectivity index (χ1v) is 8.36. The Morgan fingerprint density at radius 2 is 2.05 bits per heavy atom. The van der Waals surface area contributed by atoms with Crippen LogP contribution in [0, 0.1) is 12.8 Å². The van der Waals surface area contributed by atoms with Crippen LogP contribution in [0.3, 0.4) is 0 Å². The van der Waals surface area contributed by atoms with E-state index in [1.54, 1.807) is 23.1 Å². The maximum Gasteiger partial charge on any atom is 0.227 e. The normalized spacial score (nSPS) is 28.7. The summed E-state index contributed by atoms with van der Waals surface area (Å²) in [6.07, 6.45) is 0.325. The average Bonchev–Trinajstić information content (AvgIpc) is 2.70. The summed E-state index contributed by atoms with van der Waals surface area (Å²) in [6, 6.07) is 5.11. The monoisotopic (exact) mass is 299 g/mol. The van der Waals surface area contributed by atoms with Gasteiger partial charge in [-0.15, -0.1) is 0 Å². The minimum absolute atomic E-state index is 0.00956. The van der Waals surface area contributed by atoms with Crippen molar-refractivity contribution in [3.8, 4) is 0 Å². The molecule has 1 aromatic rings. The second-order valence-electron chi connectivity index (χ2n) is 5.30. The molecule has 6 heteroatoms. The van der Waals surface area contributed by atoms with Crippen molar-refractivity contribution in [2.45, 2.75) is 19.4 Å². The fourth-order valence-electron chi connectivity index (χ4n) is 3.09. The van der Waals surface area contributed by atoms with Crippen molar-refractivity contribution in [3.05, 3.63) is 28.8 Å². The second kappa shape index (κ2) is 4.21. The molecule has 2 aliphatic heterocycles. The van der Waals surface area contributed by atoms with Crippen LogP contribution in [0.25, 0.3) is 0 Å². The Kier molecular flexibility index (Phi) is 2.87. The van der Waals surface area contributed by atoms with Gasteiger partial charge in [-0.3, -0.25) is 4.79 Å². The first-order valence-electron chi connectivity index (χ1n) is 6.16. The van der Waals surface area contributed by atoms with E-state index in [0.717, 1.165) is 11.3 Å². The summed E-state index contributed by atoms with van der Waals surface area (Å²) in [5.74, 6) is 0.153. The molecule has 3 rings (SSSR count). The number of benzene rings is 1. The molecular formula is C13H14ClNO3S. The van der Waals surface area contributed by atoms with Gasteiger partial charge in [-0.05, 0) is 30.7 Å². The molecule has 102 valence electrons. The van der Waals surface area contributed by atoms with Crippen LogP contribution in [0.15, 0.2) is 18.2 Å².